The number of carbonyl (C=O) groups is 1. The molecule has 11 heavy (non-hydrogen) atoms. The number of pyridine rings is 1. The van der Waals surface area contributed by atoms with Gasteiger partial charge in [0.15, 0.2) is 0 Å². The van der Waals surface area contributed by atoms with Gasteiger partial charge in [-0.2, -0.15) is 0 Å². The summed E-state index contributed by atoms with van der Waals surface area (Å²) in [6.07, 6.45) is 0. The number of hydrogen-bond acceptors (Lipinski definition) is 2. The van der Waals surface area contributed by atoms with E-state index in [-0.39, 0.29) is 0 Å². The number of rotatable bonds is 1. The van der Waals surface area contributed by atoms with E-state index in [0.29, 0.717) is 6.07 Å². The number of carboxylic acid groups (broad SMARTS) is 1. The molecule has 2 N–H and O–H groups in total. The lowest BCUT2D eigenvalue weighted by atomic mass is 10.3. The molecule has 0 aliphatic rings. The van der Waals surface area contributed by atoms with Gasteiger partial charge in [0.1, 0.15) is 11.5 Å². The van der Waals surface area contributed by atoms with E-state index in [2.05, 4.69) is 0 Å². The zero-order valence-corrected chi connectivity index (χ0v) is 5.30. The second-order valence-electron chi connectivity index (χ2n) is 1.88. The van der Waals surface area contributed by atoms with Crippen molar-refractivity contribution in [2.75, 3.05) is 0 Å². The van der Waals surface area contributed by atoms with Crippen molar-refractivity contribution in [2.24, 2.45) is 0 Å². The van der Waals surface area contributed by atoms with Crippen molar-refractivity contribution in [3.8, 4) is 0 Å². The van der Waals surface area contributed by atoms with E-state index in [9.17, 15) is 14.0 Å². The van der Waals surface area contributed by atoms with Crippen LogP contribution in [0, 0.1) is 5.82 Å². The fraction of sp³-hybridized carbons (Fsp3) is 0. The van der Waals surface area contributed by atoms with Gasteiger partial charge in [0, 0.05) is 12.1 Å². The molecule has 5 heteroatoms. The van der Waals surface area contributed by atoms with Gasteiger partial charge in [-0.15, -0.1) is 0 Å². The highest BCUT2D eigenvalue weighted by Crippen LogP contribution is 1.94. The van der Waals surface area contributed by atoms with E-state index in [0.717, 1.165) is 6.07 Å². The minimum atomic E-state index is -1.36. The van der Waals surface area contributed by atoms with E-state index in [4.69, 9.17) is 5.11 Å². The molecule has 0 unspecified atom stereocenters. The summed E-state index contributed by atoms with van der Waals surface area (Å²) in [5.74, 6) is -2.22. The summed E-state index contributed by atoms with van der Waals surface area (Å²) in [7, 11) is 0. The fourth-order valence-electron chi connectivity index (χ4n) is 0.625. The second-order valence-corrected chi connectivity index (χ2v) is 1.88. The Morgan fingerprint density at radius 1 is 1.55 bits per heavy atom. The number of aromatic carboxylic acids is 1. The molecule has 0 amide bonds. The number of aromatic nitrogens is 1. The highest BCUT2D eigenvalue weighted by atomic mass is 19.1. The summed E-state index contributed by atoms with van der Waals surface area (Å²) in [6.45, 7) is 0. The fourth-order valence-corrected chi connectivity index (χ4v) is 0.625. The topological polar surface area (TPSA) is 70.2 Å². The standard InChI is InChI=1S/C6H4FNO3/c7-3-1-4(6(10)11)8-5(9)2-3/h1-2H,(H,8,9)(H,10,11). The molecule has 58 valence electrons. The molecule has 0 saturated carbocycles. The molecule has 0 atom stereocenters. The highest BCUT2D eigenvalue weighted by molar-refractivity contribution is 5.85. The Labute approximate surface area is 60.3 Å². The third-order valence-electron chi connectivity index (χ3n) is 1.04. The number of hydrogen-bond donors (Lipinski definition) is 2. The highest BCUT2D eigenvalue weighted by Gasteiger charge is 2.04. The summed E-state index contributed by atoms with van der Waals surface area (Å²) < 4.78 is 12.3. The van der Waals surface area contributed by atoms with Crippen molar-refractivity contribution in [3.05, 3.63) is 34.0 Å². The van der Waals surface area contributed by atoms with Gasteiger partial charge in [-0.25, -0.2) is 9.18 Å². The molecular formula is C6H4FNO3. The van der Waals surface area contributed by atoms with E-state index in [1.165, 1.54) is 0 Å². The maximum Gasteiger partial charge on any atom is 0.352 e. The minimum Gasteiger partial charge on any atom is -0.477 e. The molecule has 0 spiro atoms. The molecule has 0 aromatic carbocycles. The summed E-state index contributed by atoms with van der Waals surface area (Å²) >= 11 is 0. The summed E-state index contributed by atoms with van der Waals surface area (Å²) in [4.78, 5) is 22.6. The average Bonchev–Trinajstić information content (AvgIpc) is 1.85. The van der Waals surface area contributed by atoms with Gasteiger partial charge in [-0.3, -0.25) is 4.79 Å². The van der Waals surface area contributed by atoms with Crippen LogP contribution in [0.15, 0.2) is 16.9 Å². The van der Waals surface area contributed by atoms with Crippen molar-refractivity contribution in [1.82, 2.24) is 4.98 Å². The molecule has 0 aliphatic carbocycles. The van der Waals surface area contributed by atoms with Crippen molar-refractivity contribution < 1.29 is 14.3 Å². The minimum absolute atomic E-state index is 0.449. The Kier molecular flexibility index (Phi) is 1.72. The number of aromatic amines is 1. The summed E-state index contributed by atoms with van der Waals surface area (Å²) in [6, 6.07) is 1.41. The molecule has 0 saturated heterocycles. The Morgan fingerprint density at radius 2 is 2.18 bits per heavy atom. The van der Waals surface area contributed by atoms with Gasteiger partial charge in [0.2, 0.25) is 0 Å². The lowest BCUT2D eigenvalue weighted by Crippen LogP contribution is -2.12. The SMILES string of the molecule is O=C(O)c1cc(F)cc(=O)[nH]1. The van der Waals surface area contributed by atoms with Crippen LogP contribution in [-0.4, -0.2) is 16.1 Å². The molecular weight excluding hydrogens is 153 g/mol. The van der Waals surface area contributed by atoms with Gasteiger partial charge >= 0.3 is 5.97 Å². The van der Waals surface area contributed by atoms with E-state index < -0.39 is 23.0 Å². The van der Waals surface area contributed by atoms with Gasteiger partial charge < -0.3 is 10.1 Å². The molecule has 0 fully saturated rings. The summed E-state index contributed by atoms with van der Waals surface area (Å²) in [5, 5.41) is 8.30. The molecule has 1 aromatic heterocycles. The second kappa shape index (κ2) is 2.53. The van der Waals surface area contributed by atoms with Crippen LogP contribution in [0.1, 0.15) is 10.5 Å². The third-order valence-corrected chi connectivity index (χ3v) is 1.04. The van der Waals surface area contributed by atoms with Crippen molar-refractivity contribution in [1.29, 1.82) is 0 Å². The Morgan fingerprint density at radius 3 is 2.64 bits per heavy atom. The molecule has 1 aromatic rings. The third kappa shape index (κ3) is 1.64. The zero-order chi connectivity index (χ0) is 8.43. The Hall–Kier alpha value is -1.65. The first-order valence-corrected chi connectivity index (χ1v) is 2.73. The first-order valence-electron chi connectivity index (χ1n) is 2.73. The van der Waals surface area contributed by atoms with Crippen LogP contribution in [0.3, 0.4) is 0 Å². The number of nitrogens with one attached hydrogen (secondary N) is 1. The Balaban J connectivity index is 3.30. The van der Waals surface area contributed by atoms with Crippen LogP contribution >= 0.6 is 0 Å². The zero-order valence-electron chi connectivity index (χ0n) is 5.30. The number of halogens is 1. The Bertz CT molecular complexity index is 344. The maximum absolute atomic E-state index is 12.3. The first-order chi connectivity index (χ1) is 5.09. The normalized spacial score (nSPS) is 9.55. The van der Waals surface area contributed by atoms with Gasteiger partial charge in [-0.1, -0.05) is 0 Å². The van der Waals surface area contributed by atoms with Crippen LogP contribution in [-0.2, 0) is 0 Å². The average molecular weight is 157 g/mol. The molecule has 1 heterocycles. The maximum atomic E-state index is 12.3. The van der Waals surface area contributed by atoms with Crippen LogP contribution in [0.2, 0.25) is 0 Å². The smallest absolute Gasteiger partial charge is 0.352 e. The molecule has 1 rings (SSSR count). The van der Waals surface area contributed by atoms with Crippen molar-refractivity contribution in [3.63, 3.8) is 0 Å². The number of H-pyrrole nitrogens is 1. The quantitative estimate of drug-likeness (QED) is 0.612. The van der Waals surface area contributed by atoms with E-state index in [1.807, 2.05) is 4.98 Å². The molecule has 0 bridgehead atoms. The van der Waals surface area contributed by atoms with Crippen LogP contribution in [0.4, 0.5) is 4.39 Å². The van der Waals surface area contributed by atoms with Gasteiger partial charge in [0.05, 0.1) is 0 Å². The van der Waals surface area contributed by atoms with Crippen LogP contribution < -0.4 is 5.56 Å². The molecule has 0 radical (unpaired) electrons. The lowest BCUT2D eigenvalue weighted by molar-refractivity contribution is 0.0689. The van der Waals surface area contributed by atoms with Crippen molar-refractivity contribution >= 4 is 5.97 Å². The largest absolute Gasteiger partial charge is 0.477 e. The predicted octanol–water partition coefficient (Wildman–Crippen LogP) is 0.212. The summed E-state index contributed by atoms with van der Waals surface area (Å²) in [5.41, 5.74) is -1.21. The lowest BCUT2D eigenvalue weighted by Gasteiger charge is -1.91. The van der Waals surface area contributed by atoms with Gasteiger partial charge in [0.25, 0.3) is 5.56 Å². The predicted molar refractivity (Wildman–Crippen MR) is 34.0 cm³/mol. The van der Waals surface area contributed by atoms with E-state index >= 15 is 0 Å². The molecule has 0 aliphatic heterocycles. The van der Waals surface area contributed by atoms with Crippen LogP contribution in [0.5, 0.6) is 0 Å². The number of carboxylic acids is 1. The van der Waals surface area contributed by atoms with Crippen LogP contribution in [0.25, 0.3) is 0 Å². The van der Waals surface area contributed by atoms with E-state index in [1.54, 1.807) is 0 Å². The first kappa shape index (κ1) is 7.46. The monoisotopic (exact) mass is 157 g/mol. The van der Waals surface area contributed by atoms with Gasteiger partial charge in [-0.05, 0) is 0 Å². The molecule has 4 nitrogen and oxygen atoms in total. The van der Waals surface area contributed by atoms with Crippen molar-refractivity contribution in [2.45, 2.75) is 0 Å².